The highest BCUT2D eigenvalue weighted by molar-refractivity contribution is 6.03. The van der Waals surface area contributed by atoms with Gasteiger partial charge in [0.05, 0.1) is 12.6 Å². The summed E-state index contributed by atoms with van der Waals surface area (Å²) in [6.07, 6.45) is 3.38. The quantitative estimate of drug-likeness (QED) is 0.336. The Bertz CT molecular complexity index is 1430. The Kier molecular flexibility index (Phi) is 9.43. The number of likely N-dealkylation sites (N-methyl/N-ethyl adjacent to an activating group) is 1. The number of benzene rings is 3. The third kappa shape index (κ3) is 7.11. The number of rotatable bonds is 10. The second-order valence-corrected chi connectivity index (χ2v) is 11.8. The van der Waals surface area contributed by atoms with E-state index in [1.54, 1.807) is 6.92 Å². The number of carbonyl (C=O) groups excluding carboxylic acids is 2. The van der Waals surface area contributed by atoms with Gasteiger partial charge in [-0.2, -0.15) is 0 Å². The van der Waals surface area contributed by atoms with E-state index < -0.39 is 0 Å². The molecule has 2 aliphatic heterocycles. The number of aryl methyl sites for hydroxylation is 3. The van der Waals surface area contributed by atoms with E-state index in [1.165, 1.54) is 22.3 Å². The van der Waals surface area contributed by atoms with Crippen molar-refractivity contribution in [3.8, 4) is 5.75 Å². The van der Waals surface area contributed by atoms with E-state index >= 15 is 0 Å². The summed E-state index contributed by atoms with van der Waals surface area (Å²) in [6, 6.07) is 25.2. The summed E-state index contributed by atoms with van der Waals surface area (Å²) < 4.78 is 6.03. The summed E-state index contributed by atoms with van der Waals surface area (Å²) >= 11 is 0. The van der Waals surface area contributed by atoms with Crippen molar-refractivity contribution in [3.63, 3.8) is 0 Å². The molecule has 0 saturated carbocycles. The van der Waals surface area contributed by atoms with Gasteiger partial charge in [-0.3, -0.25) is 9.59 Å². The van der Waals surface area contributed by atoms with Crippen molar-refractivity contribution >= 4 is 17.4 Å². The van der Waals surface area contributed by atoms with E-state index in [0.717, 1.165) is 48.1 Å². The van der Waals surface area contributed by atoms with Crippen LogP contribution in [0, 0.1) is 13.8 Å². The number of nitrogens with one attached hydrogen (secondary N) is 1. The molecule has 1 N–H and O–H groups in total. The molecule has 2 atom stereocenters. The number of ether oxygens (including phenoxy) is 1. The predicted molar refractivity (Wildman–Crippen MR) is 168 cm³/mol. The Morgan fingerprint density at radius 1 is 0.952 bits per heavy atom. The summed E-state index contributed by atoms with van der Waals surface area (Å²) in [6.45, 7) is 8.28. The maximum atomic E-state index is 14.0. The lowest BCUT2D eigenvalue weighted by atomic mass is 9.82. The van der Waals surface area contributed by atoms with E-state index in [1.807, 2.05) is 35.0 Å². The minimum Gasteiger partial charge on any atom is -0.493 e. The van der Waals surface area contributed by atoms with Crippen LogP contribution in [-0.2, 0) is 22.4 Å². The van der Waals surface area contributed by atoms with Gasteiger partial charge in [-0.25, -0.2) is 0 Å². The monoisotopic (exact) mass is 565 g/mol. The molecule has 1 saturated heterocycles. The Morgan fingerprint density at radius 2 is 1.69 bits per heavy atom. The maximum absolute atomic E-state index is 14.0. The molecule has 2 bridgehead atoms. The van der Waals surface area contributed by atoms with E-state index in [0.29, 0.717) is 26.2 Å². The number of fused-ring (bicyclic) bond motifs is 2. The minimum absolute atomic E-state index is 0.0370. The van der Waals surface area contributed by atoms with Gasteiger partial charge in [0.2, 0.25) is 5.91 Å². The third-order valence-electron chi connectivity index (χ3n) is 8.51. The van der Waals surface area contributed by atoms with Gasteiger partial charge in [0.25, 0.3) is 5.91 Å². The van der Waals surface area contributed by atoms with Gasteiger partial charge < -0.3 is 19.9 Å². The molecule has 0 aliphatic carbocycles. The molecule has 2 heterocycles. The normalized spacial score (nSPS) is 18.1. The van der Waals surface area contributed by atoms with Crippen molar-refractivity contribution < 1.29 is 14.3 Å². The lowest BCUT2D eigenvalue weighted by Crippen LogP contribution is -2.61. The van der Waals surface area contributed by atoms with E-state index in [4.69, 9.17) is 4.74 Å². The van der Waals surface area contributed by atoms with Crippen LogP contribution in [-0.4, -0.2) is 67.0 Å². The number of piperazine rings is 1. The smallest absolute Gasteiger partial charge is 0.251 e. The number of hydrogen-bond acceptors (Lipinski definition) is 4. The average Bonchev–Trinajstić information content (AvgIpc) is 2.99. The lowest BCUT2D eigenvalue weighted by Gasteiger charge is -2.44. The third-order valence-corrected chi connectivity index (χ3v) is 8.51. The molecular formula is C36H43N3O3. The number of hydrogen-bond donors (Lipinski definition) is 1. The number of amides is 2. The van der Waals surface area contributed by atoms with Crippen LogP contribution >= 0.6 is 0 Å². The minimum atomic E-state index is -0.176. The molecule has 3 aromatic rings. The Labute approximate surface area is 250 Å². The largest absolute Gasteiger partial charge is 0.493 e. The SMILES string of the molecule is CC(=O)N1C[C@H]2CC(c3ccc(CCCOc4ccc(C)cc4C)cc3)=C(C(=O)N(C)CCc3ccccc3)[C@@H](C1)N2. The molecule has 5 rings (SSSR count). The first-order chi connectivity index (χ1) is 20.3. The average molecular weight is 566 g/mol. The highest BCUT2D eigenvalue weighted by Gasteiger charge is 2.39. The zero-order valence-electron chi connectivity index (χ0n) is 25.4. The summed E-state index contributed by atoms with van der Waals surface area (Å²) in [5.41, 5.74) is 7.87. The van der Waals surface area contributed by atoms with Crippen molar-refractivity contribution in [3.05, 3.63) is 106 Å². The van der Waals surface area contributed by atoms with E-state index in [-0.39, 0.29) is 23.9 Å². The predicted octanol–water partition coefficient (Wildman–Crippen LogP) is 5.36. The summed E-state index contributed by atoms with van der Waals surface area (Å²) in [7, 11) is 1.89. The maximum Gasteiger partial charge on any atom is 0.251 e. The molecular weight excluding hydrogens is 522 g/mol. The highest BCUT2D eigenvalue weighted by Crippen LogP contribution is 2.34. The molecule has 0 unspecified atom stereocenters. The van der Waals surface area contributed by atoms with Crippen molar-refractivity contribution in [2.24, 2.45) is 0 Å². The van der Waals surface area contributed by atoms with Crippen molar-refractivity contribution in [1.29, 1.82) is 0 Å². The fraction of sp³-hybridized carbons (Fsp3) is 0.389. The molecule has 1 fully saturated rings. The molecule has 0 spiro atoms. The van der Waals surface area contributed by atoms with Crippen LogP contribution in [0.4, 0.5) is 0 Å². The molecule has 2 amide bonds. The van der Waals surface area contributed by atoms with Crippen LogP contribution in [0.2, 0.25) is 0 Å². The van der Waals surface area contributed by atoms with Crippen LogP contribution in [0.3, 0.4) is 0 Å². The van der Waals surface area contributed by atoms with Gasteiger partial charge in [0.1, 0.15) is 5.75 Å². The molecule has 0 aromatic heterocycles. The van der Waals surface area contributed by atoms with Gasteiger partial charge >= 0.3 is 0 Å². The zero-order chi connectivity index (χ0) is 29.6. The molecule has 6 nitrogen and oxygen atoms in total. The van der Waals surface area contributed by atoms with Gasteiger partial charge in [-0.15, -0.1) is 0 Å². The van der Waals surface area contributed by atoms with Crippen molar-refractivity contribution in [2.75, 3.05) is 33.3 Å². The fourth-order valence-electron chi connectivity index (χ4n) is 6.17. The van der Waals surface area contributed by atoms with E-state index in [2.05, 4.69) is 73.8 Å². The second kappa shape index (κ2) is 13.4. The standard InChI is InChI=1S/C36H43N3O3/c1-25-12-17-34(26(2)21-25)42-20-8-11-29-13-15-30(16-14-29)32-22-31-23-39(27(3)40)24-33(37-31)35(32)36(41)38(4)19-18-28-9-6-5-7-10-28/h5-7,9-10,12-17,21,31,33,37H,8,11,18-20,22-24H2,1-4H3/t31-,33-/m1/s1. The molecule has 220 valence electrons. The Balaban J connectivity index is 1.30. The van der Waals surface area contributed by atoms with Crippen molar-refractivity contribution in [2.45, 2.75) is 58.5 Å². The zero-order valence-corrected chi connectivity index (χ0v) is 25.4. The molecule has 3 aromatic carbocycles. The van der Waals surface area contributed by atoms with Crippen molar-refractivity contribution in [1.82, 2.24) is 15.1 Å². The summed E-state index contributed by atoms with van der Waals surface area (Å²) in [5.74, 6) is 1.05. The van der Waals surface area contributed by atoms with Crippen LogP contribution in [0.5, 0.6) is 5.75 Å². The van der Waals surface area contributed by atoms with Crippen LogP contribution < -0.4 is 10.1 Å². The fourth-order valence-corrected chi connectivity index (χ4v) is 6.17. The first-order valence-corrected chi connectivity index (χ1v) is 15.1. The summed E-state index contributed by atoms with van der Waals surface area (Å²) in [4.78, 5) is 30.0. The second-order valence-electron chi connectivity index (χ2n) is 11.8. The number of carbonyl (C=O) groups is 2. The van der Waals surface area contributed by atoms with Gasteiger partial charge in [0.15, 0.2) is 0 Å². The topological polar surface area (TPSA) is 61.9 Å². The van der Waals surface area contributed by atoms with Crippen LogP contribution in [0.15, 0.2) is 78.4 Å². The molecule has 6 heteroatoms. The number of nitrogens with zero attached hydrogens (tertiary/aromatic N) is 2. The molecule has 42 heavy (non-hydrogen) atoms. The first kappa shape index (κ1) is 29.6. The van der Waals surface area contributed by atoms with Gasteiger partial charge in [-0.05, 0) is 73.4 Å². The lowest BCUT2D eigenvalue weighted by molar-refractivity contribution is -0.132. The van der Waals surface area contributed by atoms with Crippen LogP contribution in [0.25, 0.3) is 5.57 Å². The van der Waals surface area contributed by atoms with Gasteiger partial charge in [0, 0.05) is 45.2 Å². The Hall–Kier alpha value is -3.90. The molecule has 2 aliphatic rings. The van der Waals surface area contributed by atoms with Crippen LogP contribution in [0.1, 0.15) is 47.6 Å². The van der Waals surface area contributed by atoms with Gasteiger partial charge in [-0.1, -0.05) is 72.3 Å². The Morgan fingerprint density at radius 3 is 2.40 bits per heavy atom. The summed E-state index contributed by atoms with van der Waals surface area (Å²) in [5, 5.41) is 3.65. The highest BCUT2D eigenvalue weighted by atomic mass is 16.5. The molecule has 0 radical (unpaired) electrons. The van der Waals surface area contributed by atoms with E-state index in [9.17, 15) is 9.59 Å². The first-order valence-electron chi connectivity index (χ1n) is 15.1.